The van der Waals surface area contributed by atoms with Crippen LogP contribution >= 0.6 is 0 Å². The smallest absolute Gasteiger partial charge is 0.0541 e. The van der Waals surface area contributed by atoms with Gasteiger partial charge in [0, 0.05) is 54.7 Å². The van der Waals surface area contributed by atoms with Crippen molar-refractivity contribution >= 4 is 65.4 Å². The number of benzene rings is 8. The molecule has 0 aliphatic carbocycles. The predicted octanol–water partition coefficient (Wildman–Crippen LogP) is 17.3. The number of nitrogens with one attached hydrogen (secondary N) is 1. The molecule has 310 valence electrons. The minimum absolute atomic E-state index is 0.475. The monoisotopic (exact) mass is 817 g/mol. The van der Waals surface area contributed by atoms with E-state index in [-0.39, 0.29) is 0 Å². The third-order valence-electron chi connectivity index (χ3n) is 13.8. The van der Waals surface area contributed by atoms with Gasteiger partial charge in [0.1, 0.15) is 0 Å². The Labute approximate surface area is 370 Å². The Morgan fingerprint density at radius 2 is 0.571 bits per heavy atom. The number of hydrogen-bond acceptors (Lipinski definition) is 0. The van der Waals surface area contributed by atoms with Crippen molar-refractivity contribution in [3.8, 4) is 33.6 Å². The van der Waals surface area contributed by atoms with Gasteiger partial charge in [-0.15, -0.1) is 0 Å². The van der Waals surface area contributed by atoms with E-state index in [1.807, 2.05) is 0 Å². The summed E-state index contributed by atoms with van der Waals surface area (Å²) in [7, 11) is 0. The van der Waals surface area contributed by atoms with E-state index in [0.29, 0.717) is 23.7 Å². The molecule has 63 heavy (non-hydrogen) atoms. The second-order valence-corrected chi connectivity index (χ2v) is 19.1. The highest BCUT2D eigenvalue weighted by Gasteiger charge is 2.18. The Morgan fingerprint density at radius 1 is 0.286 bits per heavy atom. The summed E-state index contributed by atoms with van der Waals surface area (Å²) < 4.78 is 4.88. The van der Waals surface area contributed by atoms with Crippen molar-refractivity contribution in [1.82, 2.24) is 14.1 Å². The number of fused-ring (bicyclic) bond motifs is 9. The molecule has 0 amide bonds. The number of H-pyrrole nitrogens is 1. The van der Waals surface area contributed by atoms with Crippen LogP contribution in [0, 0.1) is 0 Å². The molecular formula is C60H55N3. The second-order valence-electron chi connectivity index (χ2n) is 19.1. The molecule has 0 saturated carbocycles. The summed E-state index contributed by atoms with van der Waals surface area (Å²) in [6.45, 7) is 18.2. The second kappa shape index (κ2) is 14.9. The van der Waals surface area contributed by atoms with Gasteiger partial charge in [-0.25, -0.2) is 0 Å². The van der Waals surface area contributed by atoms with Gasteiger partial charge in [-0.1, -0.05) is 116 Å². The molecule has 11 rings (SSSR count). The van der Waals surface area contributed by atoms with Gasteiger partial charge in [0.2, 0.25) is 0 Å². The zero-order valence-corrected chi connectivity index (χ0v) is 37.7. The fourth-order valence-corrected chi connectivity index (χ4v) is 9.97. The largest absolute Gasteiger partial charge is 0.355 e. The average molecular weight is 818 g/mol. The quantitative estimate of drug-likeness (QED) is 0.158. The Balaban J connectivity index is 0.940. The minimum atomic E-state index is 0.475. The van der Waals surface area contributed by atoms with Crippen LogP contribution in [0.3, 0.4) is 0 Å². The van der Waals surface area contributed by atoms with Crippen molar-refractivity contribution in [3.05, 3.63) is 180 Å². The molecule has 0 aliphatic rings. The Hall–Kier alpha value is -6.84. The van der Waals surface area contributed by atoms with E-state index in [1.54, 1.807) is 0 Å². The van der Waals surface area contributed by atoms with E-state index in [9.17, 15) is 0 Å². The van der Waals surface area contributed by atoms with Crippen LogP contribution in [-0.4, -0.2) is 14.1 Å². The summed E-state index contributed by atoms with van der Waals surface area (Å²) in [6.07, 6.45) is 0. The Kier molecular flexibility index (Phi) is 9.24. The first-order chi connectivity index (χ1) is 30.5. The van der Waals surface area contributed by atoms with Crippen LogP contribution in [0.2, 0.25) is 0 Å². The topological polar surface area (TPSA) is 25.6 Å². The number of aromatic nitrogens is 3. The molecule has 11 aromatic rings. The third kappa shape index (κ3) is 6.47. The highest BCUT2D eigenvalue weighted by atomic mass is 15.0. The number of aromatic amines is 1. The molecule has 0 aliphatic heterocycles. The molecular weight excluding hydrogens is 763 g/mol. The predicted molar refractivity (Wildman–Crippen MR) is 272 cm³/mol. The van der Waals surface area contributed by atoms with E-state index >= 15 is 0 Å². The molecule has 0 bridgehead atoms. The highest BCUT2D eigenvalue weighted by molar-refractivity contribution is 6.12. The summed E-state index contributed by atoms with van der Waals surface area (Å²) in [6, 6.07) is 60.0. The van der Waals surface area contributed by atoms with Crippen LogP contribution in [0.4, 0.5) is 0 Å². The van der Waals surface area contributed by atoms with Crippen LogP contribution in [0.15, 0.2) is 158 Å². The van der Waals surface area contributed by atoms with Crippen molar-refractivity contribution in [1.29, 1.82) is 0 Å². The Bertz CT molecular complexity index is 3180. The van der Waals surface area contributed by atoms with Crippen molar-refractivity contribution in [2.45, 2.75) is 79.1 Å². The SMILES string of the molecule is CC(C)c1ccc2c(c1)c1cc(C(C)C)ccc1n2-c1ccc(-c2ccc3[nH]c4ccc(-c5ccc(-n6c7ccc(C(C)C)cc7c7cc(C(C)C)ccc76)cc5)cc4c3c2)cc1. The number of hydrogen-bond donors (Lipinski definition) is 1. The lowest BCUT2D eigenvalue weighted by Gasteiger charge is -2.11. The van der Waals surface area contributed by atoms with E-state index in [4.69, 9.17) is 0 Å². The summed E-state index contributed by atoms with van der Waals surface area (Å²) in [5, 5.41) is 7.78. The zero-order chi connectivity index (χ0) is 43.3. The number of rotatable bonds is 8. The molecule has 1 N–H and O–H groups in total. The molecule has 3 heterocycles. The molecule has 3 aromatic heterocycles. The first kappa shape index (κ1) is 39.0. The Morgan fingerprint density at radius 3 is 0.857 bits per heavy atom. The molecule has 8 aromatic carbocycles. The molecule has 0 fully saturated rings. The van der Waals surface area contributed by atoms with Gasteiger partial charge < -0.3 is 14.1 Å². The summed E-state index contributed by atoms with van der Waals surface area (Å²) >= 11 is 0. The molecule has 3 nitrogen and oxygen atoms in total. The lowest BCUT2D eigenvalue weighted by Crippen LogP contribution is -1.95. The lowest BCUT2D eigenvalue weighted by molar-refractivity contribution is 0.868. The normalized spacial score (nSPS) is 12.4. The van der Waals surface area contributed by atoms with Gasteiger partial charge in [0.05, 0.1) is 22.1 Å². The fourth-order valence-electron chi connectivity index (χ4n) is 9.97. The van der Waals surface area contributed by atoms with Crippen molar-refractivity contribution in [3.63, 3.8) is 0 Å². The highest BCUT2D eigenvalue weighted by Crippen LogP contribution is 2.39. The van der Waals surface area contributed by atoms with E-state index in [1.165, 1.54) is 110 Å². The van der Waals surface area contributed by atoms with E-state index in [2.05, 4.69) is 227 Å². The first-order valence-electron chi connectivity index (χ1n) is 22.9. The van der Waals surface area contributed by atoms with Crippen molar-refractivity contribution < 1.29 is 0 Å². The summed E-state index contributed by atoms with van der Waals surface area (Å²) in [5.74, 6) is 1.90. The maximum absolute atomic E-state index is 3.70. The van der Waals surface area contributed by atoms with Gasteiger partial charge >= 0.3 is 0 Å². The van der Waals surface area contributed by atoms with Gasteiger partial charge in [-0.3, -0.25) is 0 Å². The third-order valence-corrected chi connectivity index (χ3v) is 13.8. The summed E-state index contributed by atoms with van der Waals surface area (Å²) in [5.41, 5.74) is 20.0. The van der Waals surface area contributed by atoms with Gasteiger partial charge in [0.25, 0.3) is 0 Å². The molecule has 0 radical (unpaired) electrons. The molecule has 0 saturated heterocycles. The molecule has 0 atom stereocenters. The molecule has 0 unspecified atom stereocenters. The van der Waals surface area contributed by atoms with Crippen molar-refractivity contribution in [2.75, 3.05) is 0 Å². The maximum atomic E-state index is 3.70. The minimum Gasteiger partial charge on any atom is -0.355 e. The lowest BCUT2D eigenvalue weighted by atomic mass is 9.98. The standard InChI is InChI=1S/C60H55N3/c1-35(2)41-15-25-57-51(29-41)52-30-42(36(3)4)16-26-58(52)62(57)47-19-9-39(10-20-47)45-13-23-55-49(33-45)50-34-46(14-24-56(50)61-55)40-11-21-48(22-12-40)63-59-27-17-43(37(5)6)31-53(59)54-32-44(38(7)8)18-28-60(54)63/h9-38,61H,1-8H3. The van der Waals surface area contributed by atoms with Crippen LogP contribution in [0.25, 0.3) is 99.0 Å². The van der Waals surface area contributed by atoms with E-state index < -0.39 is 0 Å². The molecule has 0 spiro atoms. The van der Waals surface area contributed by atoms with Gasteiger partial charge in [-0.05, 0) is 165 Å². The first-order valence-corrected chi connectivity index (χ1v) is 22.9. The summed E-state index contributed by atoms with van der Waals surface area (Å²) in [4.78, 5) is 3.70. The van der Waals surface area contributed by atoms with Crippen LogP contribution in [0.5, 0.6) is 0 Å². The van der Waals surface area contributed by atoms with E-state index in [0.717, 1.165) is 11.0 Å². The maximum Gasteiger partial charge on any atom is 0.0541 e. The van der Waals surface area contributed by atoms with Gasteiger partial charge in [0.15, 0.2) is 0 Å². The molecule has 3 heteroatoms. The van der Waals surface area contributed by atoms with Crippen LogP contribution in [-0.2, 0) is 0 Å². The zero-order valence-electron chi connectivity index (χ0n) is 37.7. The fraction of sp³-hybridized carbons (Fsp3) is 0.200. The van der Waals surface area contributed by atoms with Crippen LogP contribution in [0.1, 0.15) is 101 Å². The van der Waals surface area contributed by atoms with Crippen molar-refractivity contribution in [2.24, 2.45) is 0 Å². The average Bonchev–Trinajstić information content (AvgIpc) is 3.95. The van der Waals surface area contributed by atoms with Gasteiger partial charge in [-0.2, -0.15) is 0 Å². The van der Waals surface area contributed by atoms with Crippen LogP contribution < -0.4 is 0 Å². The number of nitrogens with zero attached hydrogens (tertiary/aromatic N) is 2.